The molecule has 0 aliphatic heterocycles. The number of rotatable bonds is 5. The molecular weight excluding hydrogens is 328 g/mol. The number of fused-ring (bicyclic) bond motifs is 1. The molecule has 26 heavy (non-hydrogen) atoms. The van der Waals surface area contributed by atoms with E-state index in [0.29, 0.717) is 24.4 Å². The minimum atomic E-state index is -0.229. The minimum absolute atomic E-state index is 0.229. The fourth-order valence-electron chi connectivity index (χ4n) is 2.95. The summed E-state index contributed by atoms with van der Waals surface area (Å²) >= 11 is 0. The molecule has 0 saturated carbocycles. The van der Waals surface area contributed by atoms with Crippen LogP contribution < -0.4 is 5.69 Å². The zero-order valence-electron chi connectivity index (χ0n) is 14.3. The number of aromatic amines is 1. The average molecular weight is 346 g/mol. The number of benzene rings is 2. The second kappa shape index (κ2) is 6.93. The highest BCUT2D eigenvalue weighted by Crippen LogP contribution is 2.25. The average Bonchev–Trinajstić information content (AvgIpc) is 3.01. The van der Waals surface area contributed by atoms with Crippen molar-refractivity contribution in [3.63, 3.8) is 0 Å². The molecule has 2 aromatic heterocycles. The number of nitrogens with zero attached hydrogens (tertiary/aromatic N) is 3. The summed E-state index contributed by atoms with van der Waals surface area (Å²) in [6.45, 7) is 0.877. The van der Waals surface area contributed by atoms with Gasteiger partial charge in [0.25, 0.3) is 0 Å². The third-order valence-electron chi connectivity index (χ3n) is 4.26. The Kier molecular flexibility index (Phi) is 4.33. The van der Waals surface area contributed by atoms with E-state index >= 15 is 0 Å². The Labute approximate surface area is 150 Å². The SMILES string of the molecule is COCCn1c(=O)[nH]c2nc(-c3cccc(-c4ccccc4)c3)cnc21. The van der Waals surface area contributed by atoms with E-state index in [1.807, 2.05) is 30.3 Å². The predicted octanol–water partition coefficient (Wildman–Crippen LogP) is 3.10. The number of hydrogen-bond acceptors (Lipinski definition) is 4. The van der Waals surface area contributed by atoms with Crippen molar-refractivity contribution in [1.29, 1.82) is 0 Å². The fraction of sp³-hybridized carbons (Fsp3) is 0.150. The van der Waals surface area contributed by atoms with Gasteiger partial charge in [-0.15, -0.1) is 0 Å². The van der Waals surface area contributed by atoms with E-state index < -0.39 is 0 Å². The van der Waals surface area contributed by atoms with Crippen LogP contribution in [-0.4, -0.2) is 33.2 Å². The Morgan fingerprint density at radius 3 is 2.62 bits per heavy atom. The van der Waals surface area contributed by atoms with Gasteiger partial charge in [-0.1, -0.05) is 48.5 Å². The molecule has 2 heterocycles. The Morgan fingerprint density at radius 2 is 1.81 bits per heavy atom. The van der Waals surface area contributed by atoms with Gasteiger partial charge in [0.1, 0.15) is 0 Å². The summed E-state index contributed by atoms with van der Waals surface area (Å²) < 4.78 is 6.58. The van der Waals surface area contributed by atoms with Gasteiger partial charge in [-0.25, -0.2) is 14.8 Å². The maximum atomic E-state index is 12.1. The Balaban J connectivity index is 1.75. The summed E-state index contributed by atoms with van der Waals surface area (Å²) in [6.07, 6.45) is 1.70. The lowest BCUT2D eigenvalue weighted by atomic mass is 10.0. The molecule has 2 aromatic carbocycles. The number of imidazole rings is 1. The lowest BCUT2D eigenvalue weighted by molar-refractivity contribution is 0.187. The molecule has 0 radical (unpaired) electrons. The standard InChI is InChI=1S/C20H18N4O2/c1-26-11-10-24-19-18(23-20(24)25)22-17(13-21-19)16-9-5-8-15(12-16)14-6-3-2-4-7-14/h2-9,12-13H,10-11H2,1H3,(H,22,23,25). The van der Waals surface area contributed by atoms with Gasteiger partial charge in [-0.2, -0.15) is 0 Å². The second-order valence-corrected chi connectivity index (χ2v) is 5.95. The summed E-state index contributed by atoms with van der Waals surface area (Å²) in [6, 6.07) is 18.3. The molecule has 0 spiro atoms. The highest BCUT2D eigenvalue weighted by Gasteiger charge is 2.11. The van der Waals surface area contributed by atoms with E-state index in [2.05, 4.69) is 39.2 Å². The number of nitrogens with one attached hydrogen (secondary N) is 1. The van der Waals surface area contributed by atoms with Gasteiger partial charge in [0.05, 0.1) is 25.0 Å². The zero-order chi connectivity index (χ0) is 17.9. The molecule has 6 heteroatoms. The van der Waals surface area contributed by atoms with Crippen LogP contribution in [0.1, 0.15) is 0 Å². The van der Waals surface area contributed by atoms with E-state index in [1.54, 1.807) is 13.3 Å². The molecule has 6 nitrogen and oxygen atoms in total. The van der Waals surface area contributed by atoms with Gasteiger partial charge in [-0.3, -0.25) is 9.55 Å². The van der Waals surface area contributed by atoms with E-state index in [4.69, 9.17) is 4.74 Å². The smallest absolute Gasteiger partial charge is 0.328 e. The minimum Gasteiger partial charge on any atom is -0.383 e. The van der Waals surface area contributed by atoms with E-state index in [9.17, 15) is 4.79 Å². The van der Waals surface area contributed by atoms with Crippen molar-refractivity contribution in [3.8, 4) is 22.4 Å². The maximum absolute atomic E-state index is 12.1. The fourth-order valence-corrected chi connectivity index (χ4v) is 2.95. The number of methoxy groups -OCH3 is 1. The van der Waals surface area contributed by atoms with Crippen molar-refractivity contribution in [3.05, 3.63) is 71.3 Å². The molecule has 0 unspecified atom stereocenters. The third-order valence-corrected chi connectivity index (χ3v) is 4.26. The Hall–Kier alpha value is -3.25. The molecule has 0 aliphatic rings. The van der Waals surface area contributed by atoms with Crippen molar-refractivity contribution in [2.75, 3.05) is 13.7 Å². The molecule has 130 valence electrons. The molecule has 1 N–H and O–H groups in total. The van der Waals surface area contributed by atoms with Gasteiger partial charge in [-0.05, 0) is 17.2 Å². The second-order valence-electron chi connectivity index (χ2n) is 5.95. The van der Waals surface area contributed by atoms with Crippen LogP contribution in [0.5, 0.6) is 0 Å². The molecule has 0 aliphatic carbocycles. The predicted molar refractivity (Wildman–Crippen MR) is 101 cm³/mol. The number of aromatic nitrogens is 4. The van der Waals surface area contributed by atoms with Crippen molar-refractivity contribution >= 4 is 11.3 Å². The first-order valence-corrected chi connectivity index (χ1v) is 8.36. The van der Waals surface area contributed by atoms with Crippen LogP contribution in [0.2, 0.25) is 0 Å². The first-order chi connectivity index (χ1) is 12.8. The van der Waals surface area contributed by atoms with Crippen molar-refractivity contribution < 1.29 is 4.74 Å². The van der Waals surface area contributed by atoms with Crippen LogP contribution in [0.25, 0.3) is 33.7 Å². The van der Waals surface area contributed by atoms with Gasteiger partial charge in [0.15, 0.2) is 11.3 Å². The van der Waals surface area contributed by atoms with Crippen LogP contribution in [0.3, 0.4) is 0 Å². The molecular formula is C20H18N4O2. The summed E-state index contributed by atoms with van der Waals surface area (Å²) in [5.41, 5.74) is 4.70. The summed E-state index contributed by atoms with van der Waals surface area (Å²) in [5, 5.41) is 0. The van der Waals surface area contributed by atoms with Crippen LogP contribution in [0, 0.1) is 0 Å². The summed E-state index contributed by atoms with van der Waals surface area (Å²) in [7, 11) is 1.60. The lowest BCUT2D eigenvalue weighted by Gasteiger charge is -2.06. The van der Waals surface area contributed by atoms with Gasteiger partial charge in [0.2, 0.25) is 0 Å². The summed E-state index contributed by atoms with van der Waals surface area (Å²) in [4.78, 5) is 23.9. The number of hydrogen-bond donors (Lipinski definition) is 1. The van der Waals surface area contributed by atoms with E-state index in [-0.39, 0.29) is 5.69 Å². The van der Waals surface area contributed by atoms with Crippen LogP contribution in [0.4, 0.5) is 0 Å². The monoisotopic (exact) mass is 346 g/mol. The Bertz CT molecular complexity index is 1100. The van der Waals surface area contributed by atoms with Crippen molar-refractivity contribution in [2.24, 2.45) is 0 Å². The van der Waals surface area contributed by atoms with Gasteiger partial charge in [0, 0.05) is 12.7 Å². The van der Waals surface area contributed by atoms with Crippen LogP contribution in [0.15, 0.2) is 65.6 Å². The molecule has 0 saturated heterocycles. The Morgan fingerprint density at radius 1 is 1.04 bits per heavy atom. The molecule has 4 aromatic rings. The van der Waals surface area contributed by atoms with Crippen molar-refractivity contribution in [2.45, 2.75) is 6.54 Å². The first kappa shape index (κ1) is 16.2. The van der Waals surface area contributed by atoms with E-state index in [0.717, 1.165) is 22.4 Å². The maximum Gasteiger partial charge on any atom is 0.328 e. The van der Waals surface area contributed by atoms with Gasteiger partial charge < -0.3 is 4.74 Å². The largest absolute Gasteiger partial charge is 0.383 e. The third kappa shape index (κ3) is 3.02. The molecule has 0 bridgehead atoms. The normalized spacial score (nSPS) is 11.1. The highest BCUT2D eigenvalue weighted by molar-refractivity contribution is 5.74. The molecule has 0 atom stereocenters. The van der Waals surface area contributed by atoms with Crippen LogP contribution >= 0.6 is 0 Å². The first-order valence-electron chi connectivity index (χ1n) is 8.36. The lowest BCUT2D eigenvalue weighted by Crippen LogP contribution is -2.19. The molecule has 0 fully saturated rings. The molecule has 0 amide bonds. The zero-order valence-corrected chi connectivity index (χ0v) is 14.3. The topological polar surface area (TPSA) is 72.8 Å². The van der Waals surface area contributed by atoms with E-state index in [1.165, 1.54) is 4.57 Å². The number of H-pyrrole nitrogens is 1. The highest BCUT2D eigenvalue weighted by atomic mass is 16.5. The van der Waals surface area contributed by atoms with Crippen LogP contribution in [-0.2, 0) is 11.3 Å². The number of ether oxygens (including phenoxy) is 1. The summed E-state index contributed by atoms with van der Waals surface area (Å²) in [5.74, 6) is 0. The molecule has 4 rings (SSSR count). The van der Waals surface area contributed by atoms with Crippen molar-refractivity contribution in [1.82, 2.24) is 19.5 Å². The van der Waals surface area contributed by atoms with Gasteiger partial charge >= 0.3 is 5.69 Å². The quantitative estimate of drug-likeness (QED) is 0.603.